The van der Waals surface area contributed by atoms with Crippen LogP contribution in [0.1, 0.15) is 80.1 Å². The summed E-state index contributed by atoms with van der Waals surface area (Å²) in [7, 11) is 0. The highest BCUT2D eigenvalue weighted by Crippen LogP contribution is 2.09. The van der Waals surface area contributed by atoms with Crippen molar-refractivity contribution in [3.05, 3.63) is 47.0 Å². The van der Waals surface area contributed by atoms with Crippen molar-refractivity contribution < 1.29 is 19.1 Å². The summed E-state index contributed by atoms with van der Waals surface area (Å²) in [4.78, 5) is 23.3. The molecular formula is C22H34O4. The summed E-state index contributed by atoms with van der Waals surface area (Å²) < 4.78 is 10.1. The van der Waals surface area contributed by atoms with Gasteiger partial charge in [0.2, 0.25) is 0 Å². The Balaban J connectivity index is 4.05. The van der Waals surface area contributed by atoms with Gasteiger partial charge < -0.3 is 9.47 Å². The number of esters is 2. The van der Waals surface area contributed by atoms with E-state index in [0.29, 0.717) is 0 Å². The number of hydrogen-bond acceptors (Lipinski definition) is 4. The molecule has 0 radical (unpaired) electrons. The molecule has 0 amide bonds. The van der Waals surface area contributed by atoms with Crippen LogP contribution in [0.3, 0.4) is 0 Å². The zero-order valence-electron chi connectivity index (χ0n) is 17.2. The SMILES string of the molecule is CC(C)=CCC/C(C)=C/OC(=O)CCC(=O)O/C=C(\C)CCC=C(C)C. The van der Waals surface area contributed by atoms with Gasteiger partial charge in [0.15, 0.2) is 0 Å². The van der Waals surface area contributed by atoms with Crippen LogP contribution in [0.4, 0.5) is 0 Å². The number of carbonyl (C=O) groups excluding carboxylic acids is 2. The molecular weight excluding hydrogens is 328 g/mol. The molecule has 0 unspecified atom stereocenters. The van der Waals surface area contributed by atoms with Crippen LogP contribution in [-0.4, -0.2) is 11.9 Å². The third-order valence-corrected chi connectivity index (χ3v) is 3.50. The summed E-state index contributed by atoms with van der Waals surface area (Å²) in [6.45, 7) is 12.1. The molecule has 0 aromatic rings. The van der Waals surface area contributed by atoms with Gasteiger partial charge in [-0.2, -0.15) is 0 Å². The van der Waals surface area contributed by atoms with E-state index in [0.717, 1.165) is 36.8 Å². The molecule has 0 atom stereocenters. The van der Waals surface area contributed by atoms with Gasteiger partial charge in [0.05, 0.1) is 25.4 Å². The molecule has 146 valence electrons. The number of hydrogen-bond donors (Lipinski definition) is 0. The Morgan fingerprint density at radius 1 is 0.615 bits per heavy atom. The van der Waals surface area contributed by atoms with Crippen molar-refractivity contribution in [2.24, 2.45) is 0 Å². The van der Waals surface area contributed by atoms with E-state index in [1.54, 1.807) is 0 Å². The largest absolute Gasteiger partial charge is 0.435 e. The zero-order valence-corrected chi connectivity index (χ0v) is 17.2. The van der Waals surface area contributed by atoms with Crippen molar-refractivity contribution in [3.8, 4) is 0 Å². The summed E-state index contributed by atoms with van der Waals surface area (Å²) in [6, 6.07) is 0. The first-order chi connectivity index (χ1) is 12.2. The van der Waals surface area contributed by atoms with Crippen LogP contribution < -0.4 is 0 Å². The third-order valence-electron chi connectivity index (χ3n) is 3.50. The third kappa shape index (κ3) is 15.4. The molecule has 4 heteroatoms. The van der Waals surface area contributed by atoms with E-state index < -0.39 is 11.9 Å². The molecule has 0 aromatic carbocycles. The van der Waals surface area contributed by atoms with Crippen LogP contribution in [0, 0.1) is 0 Å². The van der Waals surface area contributed by atoms with Crippen LogP contribution in [0.2, 0.25) is 0 Å². The number of allylic oxidation sites excluding steroid dienone is 6. The molecule has 4 nitrogen and oxygen atoms in total. The molecule has 0 saturated carbocycles. The Bertz CT molecular complexity index is 517. The number of carbonyl (C=O) groups is 2. The van der Waals surface area contributed by atoms with Gasteiger partial charge in [0.25, 0.3) is 0 Å². The molecule has 0 aromatic heterocycles. The van der Waals surface area contributed by atoms with E-state index in [4.69, 9.17) is 9.47 Å². The Labute approximate surface area is 158 Å². The average molecular weight is 363 g/mol. The molecule has 0 aliphatic heterocycles. The molecule has 0 rings (SSSR count). The van der Waals surface area contributed by atoms with E-state index in [1.807, 2.05) is 13.8 Å². The van der Waals surface area contributed by atoms with Crippen molar-refractivity contribution in [2.75, 3.05) is 0 Å². The van der Waals surface area contributed by atoms with Gasteiger partial charge in [-0.3, -0.25) is 9.59 Å². The lowest BCUT2D eigenvalue weighted by molar-refractivity contribution is -0.144. The summed E-state index contributed by atoms with van der Waals surface area (Å²) in [5, 5.41) is 0. The minimum Gasteiger partial charge on any atom is -0.435 e. The second-order valence-corrected chi connectivity index (χ2v) is 7.05. The fourth-order valence-electron chi connectivity index (χ4n) is 1.95. The highest BCUT2D eigenvalue weighted by Gasteiger charge is 2.08. The molecule has 0 heterocycles. The van der Waals surface area contributed by atoms with Crippen LogP contribution in [0.25, 0.3) is 0 Å². The van der Waals surface area contributed by atoms with E-state index in [9.17, 15) is 9.59 Å². The number of rotatable bonds is 11. The van der Waals surface area contributed by atoms with Crippen molar-refractivity contribution in [1.82, 2.24) is 0 Å². The minimum atomic E-state index is -0.423. The predicted molar refractivity (Wildman–Crippen MR) is 106 cm³/mol. The highest BCUT2D eigenvalue weighted by molar-refractivity contribution is 5.78. The molecule has 26 heavy (non-hydrogen) atoms. The lowest BCUT2D eigenvalue weighted by Gasteiger charge is -2.03. The zero-order chi connectivity index (χ0) is 19.9. The van der Waals surface area contributed by atoms with Gasteiger partial charge in [-0.05, 0) is 78.4 Å². The molecule has 0 spiro atoms. The van der Waals surface area contributed by atoms with Crippen molar-refractivity contribution in [2.45, 2.75) is 80.1 Å². The van der Waals surface area contributed by atoms with Crippen molar-refractivity contribution in [3.63, 3.8) is 0 Å². The van der Waals surface area contributed by atoms with Gasteiger partial charge in [-0.25, -0.2) is 0 Å². The first kappa shape index (κ1) is 23.9. The second kappa shape index (κ2) is 14.1. The van der Waals surface area contributed by atoms with Crippen LogP contribution in [0.5, 0.6) is 0 Å². The standard InChI is InChI=1S/C22H34O4/c1-17(2)9-7-11-19(5)15-25-21(23)13-14-22(24)26-16-20(6)12-8-10-18(3)4/h9-10,15-16H,7-8,11-14H2,1-6H3/b19-15+,20-16+. The topological polar surface area (TPSA) is 52.6 Å². The molecule has 0 aliphatic rings. The maximum absolute atomic E-state index is 11.7. The Morgan fingerprint density at radius 2 is 0.962 bits per heavy atom. The second-order valence-electron chi connectivity index (χ2n) is 7.05. The van der Waals surface area contributed by atoms with Gasteiger partial charge in [0.1, 0.15) is 0 Å². The monoisotopic (exact) mass is 362 g/mol. The summed E-state index contributed by atoms with van der Waals surface area (Å²) in [5.74, 6) is -0.847. The van der Waals surface area contributed by atoms with Crippen LogP contribution in [0.15, 0.2) is 47.0 Å². The lowest BCUT2D eigenvalue weighted by atomic mass is 10.1. The van der Waals surface area contributed by atoms with Crippen molar-refractivity contribution in [1.29, 1.82) is 0 Å². The fraction of sp³-hybridized carbons (Fsp3) is 0.545. The Hall–Kier alpha value is -2.10. The van der Waals surface area contributed by atoms with Gasteiger partial charge in [0, 0.05) is 0 Å². The number of ether oxygens (including phenoxy) is 2. The quantitative estimate of drug-likeness (QED) is 0.251. The maximum atomic E-state index is 11.7. The summed E-state index contributed by atoms with van der Waals surface area (Å²) in [5.41, 5.74) is 4.53. The van der Waals surface area contributed by atoms with Gasteiger partial charge in [-0.1, -0.05) is 23.3 Å². The summed E-state index contributed by atoms with van der Waals surface area (Å²) >= 11 is 0. The van der Waals surface area contributed by atoms with E-state index in [-0.39, 0.29) is 12.8 Å². The van der Waals surface area contributed by atoms with Crippen molar-refractivity contribution >= 4 is 11.9 Å². The fourth-order valence-corrected chi connectivity index (χ4v) is 1.95. The Kier molecular flexibility index (Phi) is 13.0. The molecule has 0 saturated heterocycles. The van der Waals surface area contributed by atoms with Gasteiger partial charge in [-0.15, -0.1) is 0 Å². The minimum absolute atomic E-state index is 0.0151. The molecule has 0 aliphatic carbocycles. The first-order valence-electron chi connectivity index (χ1n) is 9.17. The highest BCUT2D eigenvalue weighted by atomic mass is 16.5. The lowest BCUT2D eigenvalue weighted by Crippen LogP contribution is -2.06. The van der Waals surface area contributed by atoms with Crippen LogP contribution >= 0.6 is 0 Å². The van der Waals surface area contributed by atoms with E-state index >= 15 is 0 Å². The normalized spacial score (nSPS) is 11.6. The van der Waals surface area contributed by atoms with Crippen LogP contribution in [-0.2, 0) is 19.1 Å². The maximum Gasteiger partial charge on any atom is 0.311 e. The summed E-state index contributed by atoms with van der Waals surface area (Å²) in [6.07, 6.45) is 10.8. The average Bonchev–Trinajstić information content (AvgIpc) is 2.55. The van der Waals surface area contributed by atoms with Gasteiger partial charge >= 0.3 is 11.9 Å². The smallest absolute Gasteiger partial charge is 0.311 e. The Morgan fingerprint density at radius 3 is 1.27 bits per heavy atom. The molecule has 0 N–H and O–H groups in total. The molecule has 0 bridgehead atoms. The molecule has 0 fully saturated rings. The van der Waals surface area contributed by atoms with E-state index in [1.165, 1.54) is 23.7 Å². The van der Waals surface area contributed by atoms with E-state index in [2.05, 4.69) is 39.8 Å². The predicted octanol–water partition coefficient (Wildman–Crippen LogP) is 6.15. The first-order valence-corrected chi connectivity index (χ1v) is 9.17.